The van der Waals surface area contributed by atoms with Crippen LogP contribution in [-0.2, 0) is 16.1 Å². The first-order valence-electron chi connectivity index (χ1n) is 6.80. The average molecular weight is 259 g/mol. The molecular weight excluding hydrogens is 242 g/mol. The summed E-state index contributed by atoms with van der Waals surface area (Å²) in [6.45, 7) is 0.324. The zero-order valence-corrected chi connectivity index (χ0v) is 10.7. The number of hydrogen-bond acceptors (Lipinski definition) is 3. The molecule has 1 aromatic rings. The van der Waals surface area contributed by atoms with Crippen LogP contribution in [0.4, 0.5) is 0 Å². The summed E-state index contributed by atoms with van der Waals surface area (Å²) >= 11 is 0. The van der Waals surface area contributed by atoms with E-state index >= 15 is 0 Å². The van der Waals surface area contributed by atoms with Gasteiger partial charge in [-0.15, -0.1) is 0 Å². The Kier molecular flexibility index (Phi) is 3.01. The molecule has 2 fully saturated rings. The highest BCUT2D eigenvalue weighted by atomic mass is 16.3. The minimum Gasteiger partial charge on any atom is -0.508 e. The number of hydrogen-bond donors (Lipinski definition) is 1. The van der Waals surface area contributed by atoms with Crippen LogP contribution in [0.2, 0.25) is 0 Å². The van der Waals surface area contributed by atoms with E-state index in [1.165, 1.54) is 4.90 Å². The van der Waals surface area contributed by atoms with Crippen LogP contribution in [0.3, 0.4) is 0 Å². The Bertz CT molecular complexity index is 485. The highest BCUT2D eigenvalue weighted by molar-refractivity contribution is 6.05. The van der Waals surface area contributed by atoms with Crippen LogP contribution in [0.25, 0.3) is 0 Å². The average Bonchev–Trinajstić information content (AvgIpc) is 2.67. The molecule has 19 heavy (non-hydrogen) atoms. The molecule has 2 aliphatic rings. The summed E-state index contributed by atoms with van der Waals surface area (Å²) in [6.07, 6.45) is 3.79. The monoisotopic (exact) mass is 259 g/mol. The Balaban J connectivity index is 1.79. The SMILES string of the molecule is O=C1C2CCCCC2C(=O)N1Cc1ccc(O)cc1. The zero-order valence-electron chi connectivity index (χ0n) is 10.7. The van der Waals surface area contributed by atoms with Crippen molar-refractivity contribution in [2.45, 2.75) is 32.2 Å². The molecule has 0 bridgehead atoms. The maximum Gasteiger partial charge on any atom is 0.233 e. The number of fused-ring (bicyclic) bond motifs is 1. The molecule has 100 valence electrons. The van der Waals surface area contributed by atoms with Crippen LogP contribution >= 0.6 is 0 Å². The molecular formula is C15H17NO3. The molecule has 1 N–H and O–H groups in total. The molecule has 3 rings (SSSR count). The van der Waals surface area contributed by atoms with Crippen LogP contribution in [0, 0.1) is 11.8 Å². The molecule has 0 aromatic heterocycles. The largest absolute Gasteiger partial charge is 0.508 e. The topological polar surface area (TPSA) is 57.6 Å². The summed E-state index contributed by atoms with van der Waals surface area (Å²) in [5.41, 5.74) is 0.873. The van der Waals surface area contributed by atoms with Gasteiger partial charge in [0, 0.05) is 0 Å². The molecule has 1 heterocycles. The van der Waals surface area contributed by atoms with Crippen molar-refractivity contribution in [3.05, 3.63) is 29.8 Å². The number of likely N-dealkylation sites (tertiary alicyclic amines) is 1. The number of benzene rings is 1. The van der Waals surface area contributed by atoms with Crippen molar-refractivity contribution in [3.63, 3.8) is 0 Å². The van der Waals surface area contributed by atoms with Gasteiger partial charge < -0.3 is 5.11 Å². The van der Waals surface area contributed by atoms with E-state index < -0.39 is 0 Å². The van der Waals surface area contributed by atoms with Crippen LogP contribution in [-0.4, -0.2) is 21.8 Å². The lowest BCUT2D eigenvalue weighted by Gasteiger charge is -2.19. The molecule has 1 aliphatic carbocycles. The fourth-order valence-electron chi connectivity index (χ4n) is 3.17. The predicted octanol–water partition coefficient (Wildman–Crippen LogP) is 2.07. The highest BCUT2D eigenvalue weighted by Gasteiger charge is 2.47. The quantitative estimate of drug-likeness (QED) is 0.827. The molecule has 1 saturated heterocycles. The lowest BCUT2D eigenvalue weighted by Crippen LogP contribution is -2.30. The second kappa shape index (κ2) is 4.68. The van der Waals surface area contributed by atoms with Crippen molar-refractivity contribution in [3.8, 4) is 5.75 Å². The van der Waals surface area contributed by atoms with Crippen LogP contribution < -0.4 is 0 Å². The second-order valence-electron chi connectivity index (χ2n) is 5.43. The lowest BCUT2D eigenvalue weighted by atomic mass is 9.81. The van der Waals surface area contributed by atoms with Crippen molar-refractivity contribution in [2.24, 2.45) is 11.8 Å². The van der Waals surface area contributed by atoms with Gasteiger partial charge in [-0.1, -0.05) is 25.0 Å². The van der Waals surface area contributed by atoms with Crippen molar-refractivity contribution in [2.75, 3.05) is 0 Å². The molecule has 4 heteroatoms. The number of phenols is 1. The van der Waals surface area contributed by atoms with E-state index in [-0.39, 0.29) is 29.4 Å². The summed E-state index contributed by atoms with van der Waals surface area (Å²) in [6, 6.07) is 6.65. The normalized spacial score (nSPS) is 26.6. The van der Waals surface area contributed by atoms with Gasteiger partial charge in [-0.25, -0.2) is 0 Å². The number of imide groups is 1. The number of nitrogens with zero attached hydrogens (tertiary/aromatic N) is 1. The van der Waals surface area contributed by atoms with Gasteiger partial charge in [0.25, 0.3) is 0 Å². The van der Waals surface area contributed by atoms with Crippen molar-refractivity contribution >= 4 is 11.8 Å². The Morgan fingerprint density at radius 2 is 1.53 bits per heavy atom. The van der Waals surface area contributed by atoms with Gasteiger partial charge in [0.15, 0.2) is 0 Å². The first-order valence-corrected chi connectivity index (χ1v) is 6.80. The fraction of sp³-hybridized carbons (Fsp3) is 0.467. The van der Waals surface area contributed by atoms with Gasteiger partial charge >= 0.3 is 0 Å². The fourth-order valence-corrected chi connectivity index (χ4v) is 3.17. The number of rotatable bonds is 2. The second-order valence-corrected chi connectivity index (χ2v) is 5.43. The van der Waals surface area contributed by atoms with E-state index in [0.29, 0.717) is 6.54 Å². The minimum absolute atomic E-state index is 0.0113. The third-order valence-electron chi connectivity index (χ3n) is 4.21. The number of carbonyl (C=O) groups is 2. The summed E-state index contributed by atoms with van der Waals surface area (Å²) in [4.78, 5) is 26.0. The first kappa shape index (κ1) is 12.2. The molecule has 1 saturated carbocycles. The molecule has 4 nitrogen and oxygen atoms in total. The Morgan fingerprint density at radius 3 is 2.05 bits per heavy atom. The third kappa shape index (κ3) is 2.11. The molecule has 1 aliphatic heterocycles. The smallest absolute Gasteiger partial charge is 0.233 e. The number of aromatic hydroxyl groups is 1. The molecule has 0 radical (unpaired) electrons. The third-order valence-corrected chi connectivity index (χ3v) is 4.21. The zero-order chi connectivity index (χ0) is 13.4. The number of carbonyl (C=O) groups excluding carboxylic acids is 2. The van der Waals surface area contributed by atoms with Crippen LogP contribution in [0.15, 0.2) is 24.3 Å². The molecule has 2 unspecified atom stereocenters. The summed E-state index contributed by atoms with van der Waals surface area (Å²) < 4.78 is 0. The number of amides is 2. The predicted molar refractivity (Wildman–Crippen MR) is 69.1 cm³/mol. The van der Waals surface area contributed by atoms with Crippen molar-refractivity contribution in [1.29, 1.82) is 0 Å². The Labute approximate surface area is 112 Å². The van der Waals surface area contributed by atoms with E-state index in [2.05, 4.69) is 0 Å². The van der Waals surface area contributed by atoms with Gasteiger partial charge in [-0.05, 0) is 30.5 Å². The maximum absolute atomic E-state index is 12.3. The van der Waals surface area contributed by atoms with Gasteiger partial charge in [0.1, 0.15) is 5.75 Å². The van der Waals surface area contributed by atoms with E-state index in [9.17, 15) is 14.7 Å². The molecule has 1 aromatic carbocycles. The summed E-state index contributed by atoms with van der Waals surface area (Å²) in [5, 5.41) is 9.24. The minimum atomic E-state index is -0.0848. The standard InChI is InChI=1S/C15H17NO3/c17-11-7-5-10(6-8-11)9-16-14(18)12-3-1-2-4-13(12)15(16)19/h5-8,12-13,17H,1-4,9H2. The molecule has 0 spiro atoms. The van der Waals surface area contributed by atoms with Gasteiger partial charge in [0.2, 0.25) is 11.8 Å². The summed E-state index contributed by atoms with van der Waals surface area (Å²) in [7, 11) is 0. The van der Waals surface area contributed by atoms with Crippen LogP contribution in [0.5, 0.6) is 5.75 Å². The van der Waals surface area contributed by atoms with E-state index in [1.54, 1.807) is 24.3 Å². The summed E-state index contributed by atoms with van der Waals surface area (Å²) in [5.74, 6) is -0.00113. The Morgan fingerprint density at radius 1 is 1.00 bits per heavy atom. The molecule has 2 atom stereocenters. The Hall–Kier alpha value is -1.84. The van der Waals surface area contributed by atoms with E-state index in [4.69, 9.17) is 0 Å². The number of phenolic OH excluding ortho intramolecular Hbond substituents is 1. The van der Waals surface area contributed by atoms with Gasteiger partial charge in [-0.3, -0.25) is 14.5 Å². The van der Waals surface area contributed by atoms with Crippen LogP contribution in [0.1, 0.15) is 31.2 Å². The van der Waals surface area contributed by atoms with Crippen molar-refractivity contribution < 1.29 is 14.7 Å². The first-order chi connectivity index (χ1) is 9.16. The maximum atomic E-state index is 12.3. The van der Waals surface area contributed by atoms with Gasteiger partial charge in [0.05, 0.1) is 18.4 Å². The molecule has 2 amide bonds. The lowest BCUT2D eigenvalue weighted by molar-refractivity contribution is -0.140. The van der Waals surface area contributed by atoms with E-state index in [1.807, 2.05) is 0 Å². The van der Waals surface area contributed by atoms with Crippen molar-refractivity contribution in [1.82, 2.24) is 4.90 Å². The highest BCUT2D eigenvalue weighted by Crippen LogP contribution is 2.38. The van der Waals surface area contributed by atoms with Gasteiger partial charge in [-0.2, -0.15) is 0 Å². The van der Waals surface area contributed by atoms with E-state index in [0.717, 1.165) is 31.2 Å².